The Balaban J connectivity index is 2.13. The van der Waals surface area contributed by atoms with Crippen molar-refractivity contribution < 1.29 is 4.79 Å². The summed E-state index contributed by atoms with van der Waals surface area (Å²) in [4.78, 5) is 16.2. The third kappa shape index (κ3) is 2.54. The van der Waals surface area contributed by atoms with Crippen molar-refractivity contribution in [2.75, 3.05) is 43.0 Å². The normalized spacial score (nSPS) is 14.3. The number of anilines is 2. The maximum Gasteiger partial charge on any atom is 0.241 e. The number of para-hydroxylation sites is 2. The van der Waals surface area contributed by atoms with Gasteiger partial charge in [0.2, 0.25) is 5.91 Å². The molecular formula is C14H19N3O. The summed E-state index contributed by atoms with van der Waals surface area (Å²) >= 11 is 0. The molecule has 1 aliphatic rings. The zero-order valence-corrected chi connectivity index (χ0v) is 10.7. The second kappa shape index (κ2) is 5.69. The van der Waals surface area contributed by atoms with E-state index in [-0.39, 0.29) is 5.91 Å². The maximum atomic E-state index is 12.2. The van der Waals surface area contributed by atoms with Crippen LogP contribution in [0.4, 0.5) is 11.4 Å². The van der Waals surface area contributed by atoms with Crippen LogP contribution in [0.2, 0.25) is 0 Å². The number of fused-ring (bicyclic) bond motifs is 1. The van der Waals surface area contributed by atoms with Crippen LogP contribution in [0.25, 0.3) is 0 Å². The maximum absolute atomic E-state index is 12.2. The fourth-order valence-corrected chi connectivity index (χ4v) is 2.14. The van der Waals surface area contributed by atoms with Crippen LogP contribution in [0, 0.1) is 0 Å². The van der Waals surface area contributed by atoms with Gasteiger partial charge in [-0.15, -0.1) is 6.58 Å². The van der Waals surface area contributed by atoms with E-state index < -0.39 is 0 Å². The number of benzene rings is 1. The first-order valence-corrected chi connectivity index (χ1v) is 6.16. The van der Waals surface area contributed by atoms with E-state index >= 15 is 0 Å². The second-order valence-corrected chi connectivity index (χ2v) is 4.38. The molecule has 0 aromatic heterocycles. The minimum absolute atomic E-state index is 0.109. The molecule has 0 saturated carbocycles. The quantitative estimate of drug-likeness (QED) is 0.640. The van der Waals surface area contributed by atoms with E-state index in [1.165, 1.54) is 0 Å². The van der Waals surface area contributed by atoms with Crippen LogP contribution in [-0.4, -0.2) is 39.1 Å². The van der Waals surface area contributed by atoms with E-state index in [4.69, 9.17) is 0 Å². The number of amides is 1. The molecule has 1 amide bonds. The Kier molecular flexibility index (Phi) is 3.99. The lowest BCUT2D eigenvalue weighted by Crippen LogP contribution is -2.46. The number of likely N-dealkylation sites (N-methyl/N-ethyl adjacent to an activating group) is 1. The summed E-state index contributed by atoms with van der Waals surface area (Å²) in [6, 6.07) is 8.01. The first-order chi connectivity index (χ1) is 8.74. The molecule has 0 unspecified atom stereocenters. The van der Waals surface area contributed by atoms with E-state index in [1.807, 2.05) is 29.2 Å². The molecule has 4 nitrogen and oxygen atoms in total. The smallest absolute Gasteiger partial charge is 0.241 e. The van der Waals surface area contributed by atoms with Crippen LogP contribution in [0.5, 0.6) is 0 Å². The summed E-state index contributed by atoms with van der Waals surface area (Å²) in [6.45, 7) is 6.23. The van der Waals surface area contributed by atoms with E-state index in [0.717, 1.165) is 24.5 Å². The fourth-order valence-electron chi connectivity index (χ4n) is 2.14. The molecule has 0 atom stereocenters. The summed E-state index contributed by atoms with van der Waals surface area (Å²) in [5.41, 5.74) is 2.11. The van der Waals surface area contributed by atoms with Crippen LogP contribution >= 0.6 is 0 Å². The SMILES string of the molecule is C=CCNCC(=O)N1CCN(C)c2ccccc21. The zero-order valence-electron chi connectivity index (χ0n) is 10.7. The van der Waals surface area contributed by atoms with Gasteiger partial charge in [-0.05, 0) is 12.1 Å². The molecule has 0 aliphatic carbocycles. The van der Waals surface area contributed by atoms with Crippen LogP contribution in [0.3, 0.4) is 0 Å². The monoisotopic (exact) mass is 245 g/mol. The van der Waals surface area contributed by atoms with Gasteiger partial charge >= 0.3 is 0 Å². The van der Waals surface area contributed by atoms with Gasteiger partial charge in [0.1, 0.15) is 0 Å². The predicted octanol–water partition coefficient (Wildman–Crippen LogP) is 1.24. The van der Waals surface area contributed by atoms with Gasteiger partial charge < -0.3 is 15.1 Å². The zero-order chi connectivity index (χ0) is 13.0. The van der Waals surface area contributed by atoms with Crippen molar-refractivity contribution in [3.05, 3.63) is 36.9 Å². The molecule has 0 fully saturated rings. The molecule has 1 aromatic carbocycles. The Morgan fingerprint density at radius 1 is 1.39 bits per heavy atom. The lowest BCUT2D eigenvalue weighted by molar-refractivity contribution is -0.117. The average molecular weight is 245 g/mol. The number of carbonyl (C=O) groups excluding carboxylic acids is 1. The number of rotatable bonds is 4. The molecule has 0 saturated heterocycles. The number of hydrogen-bond donors (Lipinski definition) is 1. The van der Waals surface area contributed by atoms with Crippen molar-refractivity contribution in [1.82, 2.24) is 5.32 Å². The molecule has 0 spiro atoms. The van der Waals surface area contributed by atoms with Gasteiger partial charge in [-0.1, -0.05) is 18.2 Å². The molecule has 0 bridgehead atoms. The lowest BCUT2D eigenvalue weighted by Gasteiger charge is -2.35. The molecule has 1 aromatic rings. The summed E-state index contributed by atoms with van der Waals surface area (Å²) in [6.07, 6.45) is 1.76. The van der Waals surface area contributed by atoms with Crippen LogP contribution in [0.15, 0.2) is 36.9 Å². The van der Waals surface area contributed by atoms with Crippen molar-refractivity contribution in [1.29, 1.82) is 0 Å². The predicted molar refractivity (Wildman–Crippen MR) is 75.1 cm³/mol. The van der Waals surface area contributed by atoms with E-state index in [2.05, 4.69) is 23.8 Å². The molecule has 2 rings (SSSR count). The Morgan fingerprint density at radius 3 is 2.83 bits per heavy atom. The molecule has 18 heavy (non-hydrogen) atoms. The first kappa shape index (κ1) is 12.6. The summed E-state index contributed by atoms with van der Waals surface area (Å²) < 4.78 is 0. The van der Waals surface area contributed by atoms with Crippen molar-refractivity contribution in [2.24, 2.45) is 0 Å². The number of nitrogens with zero attached hydrogens (tertiary/aromatic N) is 2. The van der Waals surface area contributed by atoms with Crippen molar-refractivity contribution in [2.45, 2.75) is 0 Å². The van der Waals surface area contributed by atoms with Gasteiger partial charge in [0.25, 0.3) is 0 Å². The Bertz CT molecular complexity index is 444. The third-order valence-corrected chi connectivity index (χ3v) is 3.11. The van der Waals surface area contributed by atoms with Crippen LogP contribution < -0.4 is 15.1 Å². The average Bonchev–Trinajstić information content (AvgIpc) is 2.39. The molecule has 1 heterocycles. The number of hydrogen-bond acceptors (Lipinski definition) is 3. The van der Waals surface area contributed by atoms with Gasteiger partial charge in [0, 0.05) is 26.7 Å². The van der Waals surface area contributed by atoms with Crippen molar-refractivity contribution in [3.8, 4) is 0 Å². The molecule has 1 N–H and O–H groups in total. The summed E-state index contributed by atoms with van der Waals surface area (Å²) in [5.74, 6) is 0.109. The highest BCUT2D eigenvalue weighted by Crippen LogP contribution is 2.31. The molecule has 96 valence electrons. The highest BCUT2D eigenvalue weighted by molar-refractivity contribution is 5.98. The van der Waals surface area contributed by atoms with Gasteiger partial charge in [0.05, 0.1) is 17.9 Å². The van der Waals surface area contributed by atoms with E-state index in [0.29, 0.717) is 13.1 Å². The van der Waals surface area contributed by atoms with Crippen LogP contribution in [0.1, 0.15) is 0 Å². The van der Waals surface area contributed by atoms with Gasteiger partial charge in [-0.3, -0.25) is 4.79 Å². The molecule has 0 radical (unpaired) electrons. The number of carbonyl (C=O) groups is 1. The third-order valence-electron chi connectivity index (χ3n) is 3.11. The highest BCUT2D eigenvalue weighted by atomic mass is 16.2. The lowest BCUT2D eigenvalue weighted by atomic mass is 10.1. The van der Waals surface area contributed by atoms with Gasteiger partial charge in [0.15, 0.2) is 0 Å². The molecule has 1 aliphatic heterocycles. The standard InChI is InChI=1S/C14H19N3O/c1-3-8-15-11-14(18)17-10-9-16(2)12-6-4-5-7-13(12)17/h3-7,15H,1,8-11H2,2H3. The van der Waals surface area contributed by atoms with Gasteiger partial charge in [-0.25, -0.2) is 0 Å². The van der Waals surface area contributed by atoms with Crippen LogP contribution in [-0.2, 0) is 4.79 Å². The largest absolute Gasteiger partial charge is 0.371 e. The minimum atomic E-state index is 0.109. The number of nitrogens with one attached hydrogen (secondary N) is 1. The highest BCUT2D eigenvalue weighted by Gasteiger charge is 2.23. The molecule has 4 heteroatoms. The first-order valence-electron chi connectivity index (χ1n) is 6.16. The Labute approximate surface area is 108 Å². The van der Waals surface area contributed by atoms with Gasteiger partial charge in [-0.2, -0.15) is 0 Å². The fraction of sp³-hybridized carbons (Fsp3) is 0.357. The molecular weight excluding hydrogens is 226 g/mol. The second-order valence-electron chi connectivity index (χ2n) is 4.38. The van der Waals surface area contributed by atoms with Crippen molar-refractivity contribution >= 4 is 17.3 Å². The summed E-state index contributed by atoms with van der Waals surface area (Å²) in [5, 5.41) is 3.05. The van der Waals surface area contributed by atoms with E-state index in [1.54, 1.807) is 6.08 Å². The minimum Gasteiger partial charge on any atom is -0.371 e. The summed E-state index contributed by atoms with van der Waals surface area (Å²) in [7, 11) is 2.05. The Morgan fingerprint density at radius 2 is 2.11 bits per heavy atom. The Hall–Kier alpha value is -1.81. The van der Waals surface area contributed by atoms with E-state index in [9.17, 15) is 4.79 Å². The van der Waals surface area contributed by atoms with Crippen molar-refractivity contribution in [3.63, 3.8) is 0 Å². The topological polar surface area (TPSA) is 35.6 Å².